The van der Waals surface area contributed by atoms with Crippen LogP contribution in [0.1, 0.15) is 40.5 Å². The molecule has 19 heavy (non-hydrogen) atoms. The highest BCUT2D eigenvalue weighted by Crippen LogP contribution is 2.03. The number of aliphatic hydroxyl groups excluding tert-OH is 1. The highest BCUT2D eigenvalue weighted by Gasteiger charge is 2.04. The second-order valence-corrected chi connectivity index (χ2v) is 3.26. The first-order valence-electron chi connectivity index (χ1n) is 5.20. The molecular formula is C12H18Cl2O5. The first-order valence-corrected chi connectivity index (χ1v) is 5.20. The summed E-state index contributed by atoms with van der Waals surface area (Å²) in [5.74, 6) is -2.13. The van der Waals surface area contributed by atoms with Crippen LogP contribution in [-0.4, -0.2) is 33.9 Å². The Kier molecular flexibility index (Phi) is 15.8. The topological polar surface area (TPSA) is 94.8 Å². The molecule has 0 spiro atoms. The van der Waals surface area contributed by atoms with Crippen molar-refractivity contribution in [3.63, 3.8) is 0 Å². The van der Waals surface area contributed by atoms with Crippen molar-refractivity contribution in [2.45, 2.75) is 19.8 Å². The van der Waals surface area contributed by atoms with Gasteiger partial charge in [-0.2, -0.15) is 0 Å². The Balaban J connectivity index is -0.000000320. The second kappa shape index (κ2) is 13.1. The quantitative estimate of drug-likeness (QED) is 0.794. The summed E-state index contributed by atoms with van der Waals surface area (Å²) in [6.07, 6.45) is 2.04. The fourth-order valence-electron chi connectivity index (χ4n) is 0.913. The van der Waals surface area contributed by atoms with Gasteiger partial charge in [-0.15, -0.1) is 24.8 Å². The summed E-state index contributed by atoms with van der Waals surface area (Å²) in [4.78, 5) is 20.7. The maximum atomic E-state index is 10.3. The minimum Gasteiger partial charge on any atom is -0.478 e. The summed E-state index contributed by atoms with van der Waals surface area (Å²) < 4.78 is 0. The molecule has 0 unspecified atom stereocenters. The van der Waals surface area contributed by atoms with Crippen LogP contribution in [0.25, 0.3) is 0 Å². The Labute approximate surface area is 124 Å². The van der Waals surface area contributed by atoms with Gasteiger partial charge in [0.15, 0.2) is 0 Å². The van der Waals surface area contributed by atoms with Crippen LogP contribution in [0.15, 0.2) is 24.3 Å². The molecule has 0 radical (unpaired) electrons. The zero-order chi connectivity index (χ0) is 13.3. The molecule has 0 fully saturated rings. The average molecular weight is 313 g/mol. The lowest BCUT2D eigenvalue weighted by molar-refractivity contribution is 0.0681. The molecule has 1 aromatic rings. The molecule has 1 aromatic carbocycles. The van der Waals surface area contributed by atoms with Crippen molar-refractivity contribution in [1.29, 1.82) is 0 Å². The maximum Gasteiger partial charge on any atom is 0.335 e. The van der Waals surface area contributed by atoms with Crippen molar-refractivity contribution < 1.29 is 24.9 Å². The van der Waals surface area contributed by atoms with E-state index in [0.717, 1.165) is 12.8 Å². The summed E-state index contributed by atoms with van der Waals surface area (Å²) in [7, 11) is 0. The molecule has 0 saturated heterocycles. The standard InChI is InChI=1S/C8H6O4.C4H10O.2ClH/c9-7(10)5-1-2-6(4-3-5)8(11)12;1-2-3-4-5;;/h1-4H,(H,9,10)(H,11,12);5H,2-4H2,1H3;2*1H. The Morgan fingerprint density at radius 1 is 0.947 bits per heavy atom. The molecule has 3 N–H and O–H groups in total. The van der Waals surface area contributed by atoms with E-state index in [1.165, 1.54) is 24.3 Å². The fraction of sp³-hybridized carbons (Fsp3) is 0.333. The minimum absolute atomic E-state index is 0. The van der Waals surface area contributed by atoms with Gasteiger partial charge < -0.3 is 15.3 Å². The number of carboxylic acids is 2. The smallest absolute Gasteiger partial charge is 0.335 e. The van der Waals surface area contributed by atoms with E-state index in [1.54, 1.807) is 0 Å². The summed E-state index contributed by atoms with van der Waals surface area (Å²) in [6.45, 7) is 2.40. The van der Waals surface area contributed by atoms with Gasteiger partial charge in [-0.1, -0.05) is 13.3 Å². The molecule has 0 bridgehead atoms. The van der Waals surface area contributed by atoms with Crippen molar-refractivity contribution in [2.24, 2.45) is 0 Å². The molecule has 0 aliphatic carbocycles. The normalized spacial score (nSPS) is 8.11. The van der Waals surface area contributed by atoms with E-state index in [1.807, 2.05) is 0 Å². The van der Waals surface area contributed by atoms with Crippen molar-refractivity contribution in [1.82, 2.24) is 0 Å². The largest absolute Gasteiger partial charge is 0.478 e. The number of hydrogen-bond donors (Lipinski definition) is 3. The highest BCUT2D eigenvalue weighted by molar-refractivity contribution is 5.91. The highest BCUT2D eigenvalue weighted by atomic mass is 35.5. The van der Waals surface area contributed by atoms with Gasteiger partial charge in [-0.25, -0.2) is 9.59 Å². The lowest BCUT2D eigenvalue weighted by atomic mass is 10.1. The summed E-state index contributed by atoms with van der Waals surface area (Å²) in [5, 5.41) is 25.0. The third kappa shape index (κ3) is 10.3. The molecular weight excluding hydrogens is 295 g/mol. The van der Waals surface area contributed by atoms with Crippen LogP contribution in [0.3, 0.4) is 0 Å². The second-order valence-electron chi connectivity index (χ2n) is 3.26. The van der Waals surface area contributed by atoms with Crippen LogP contribution in [0.4, 0.5) is 0 Å². The van der Waals surface area contributed by atoms with Crippen LogP contribution < -0.4 is 0 Å². The van der Waals surface area contributed by atoms with Gasteiger partial charge in [-0.3, -0.25) is 0 Å². The Bertz CT molecular complexity index is 330. The predicted molar refractivity (Wildman–Crippen MR) is 76.9 cm³/mol. The van der Waals surface area contributed by atoms with Crippen LogP contribution in [0.2, 0.25) is 0 Å². The Morgan fingerprint density at radius 3 is 1.37 bits per heavy atom. The number of aliphatic hydroxyl groups is 1. The number of carboxylic acid groups (broad SMARTS) is 2. The minimum atomic E-state index is -1.06. The van der Waals surface area contributed by atoms with Gasteiger partial charge in [0.2, 0.25) is 0 Å². The monoisotopic (exact) mass is 312 g/mol. The number of halogens is 2. The number of benzene rings is 1. The van der Waals surface area contributed by atoms with Gasteiger partial charge in [-0.05, 0) is 30.7 Å². The molecule has 1 rings (SSSR count). The molecule has 0 aromatic heterocycles. The molecule has 7 heteroatoms. The lowest BCUT2D eigenvalue weighted by Gasteiger charge is -1.94. The first-order chi connectivity index (χ1) is 8.02. The molecule has 0 heterocycles. The van der Waals surface area contributed by atoms with E-state index < -0.39 is 11.9 Å². The third-order valence-electron chi connectivity index (χ3n) is 1.89. The van der Waals surface area contributed by atoms with E-state index >= 15 is 0 Å². The van der Waals surface area contributed by atoms with E-state index in [9.17, 15) is 9.59 Å². The van der Waals surface area contributed by atoms with Gasteiger partial charge in [0.1, 0.15) is 0 Å². The zero-order valence-electron chi connectivity index (χ0n) is 10.4. The van der Waals surface area contributed by atoms with Crippen molar-refractivity contribution >= 4 is 36.8 Å². The SMILES string of the molecule is CCCCO.Cl.Cl.O=C(O)c1ccc(C(=O)O)cc1. The zero-order valence-corrected chi connectivity index (χ0v) is 12.0. The lowest BCUT2D eigenvalue weighted by Crippen LogP contribution is -1.99. The Hall–Kier alpha value is -1.30. The van der Waals surface area contributed by atoms with E-state index in [4.69, 9.17) is 15.3 Å². The number of rotatable bonds is 4. The van der Waals surface area contributed by atoms with Gasteiger partial charge in [0, 0.05) is 6.61 Å². The Morgan fingerprint density at radius 2 is 1.26 bits per heavy atom. The van der Waals surface area contributed by atoms with Crippen molar-refractivity contribution in [2.75, 3.05) is 6.61 Å². The van der Waals surface area contributed by atoms with Gasteiger partial charge >= 0.3 is 11.9 Å². The summed E-state index contributed by atoms with van der Waals surface area (Å²) in [5.41, 5.74) is 0.167. The number of hydrogen-bond acceptors (Lipinski definition) is 3. The molecule has 0 atom stereocenters. The molecule has 0 amide bonds. The molecule has 0 aliphatic rings. The molecule has 5 nitrogen and oxygen atoms in total. The summed E-state index contributed by atoms with van der Waals surface area (Å²) in [6, 6.07) is 5.02. The molecule has 0 saturated carbocycles. The van der Waals surface area contributed by atoms with Crippen LogP contribution in [0.5, 0.6) is 0 Å². The average Bonchev–Trinajstić information content (AvgIpc) is 2.31. The number of unbranched alkanes of at least 4 members (excludes halogenated alkanes) is 1. The first kappa shape index (κ1) is 22.8. The van der Waals surface area contributed by atoms with Crippen LogP contribution in [-0.2, 0) is 0 Å². The van der Waals surface area contributed by atoms with Crippen LogP contribution >= 0.6 is 24.8 Å². The van der Waals surface area contributed by atoms with E-state index in [0.29, 0.717) is 6.61 Å². The van der Waals surface area contributed by atoms with Gasteiger partial charge in [0.25, 0.3) is 0 Å². The molecule has 0 aliphatic heterocycles. The number of aromatic carboxylic acids is 2. The maximum absolute atomic E-state index is 10.3. The van der Waals surface area contributed by atoms with Crippen molar-refractivity contribution in [3.8, 4) is 0 Å². The fourth-order valence-corrected chi connectivity index (χ4v) is 0.913. The summed E-state index contributed by atoms with van der Waals surface area (Å²) >= 11 is 0. The van der Waals surface area contributed by atoms with Crippen molar-refractivity contribution in [3.05, 3.63) is 35.4 Å². The van der Waals surface area contributed by atoms with E-state index in [2.05, 4.69) is 6.92 Å². The number of carbonyl (C=O) groups is 2. The van der Waals surface area contributed by atoms with Gasteiger partial charge in [0.05, 0.1) is 11.1 Å². The third-order valence-corrected chi connectivity index (χ3v) is 1.89. The van der Waals surface area contributed by atoms with Crippen LogP contribution in [0, 0.1) is 0 Å². The predicted octanol–water partition coefficient (Wildman–Crippen LogP) is 2.71. The van der Waals surface area contributed by atoms with E-state index in [-0.39, 0.29) is 35.9 Å². The molecule has 110 valence electrons.